The third-order valence-corrected chi connectivity index (χ3v) is 7.72. The molecule has 0 saturated heterocycles. The predicted octanol–water partition coefficient (Wildman–Crippen LogP) is 6.20. The number of rotatable bonds is 14. The van der Waals surface area contributed by atoms with Crippen molar-refractivity contribution < 1.29 is 4.79 Å². The Morgan fingerprint density at radius 1 is 1.00 bits per heavy atom. The van der Waals surface area contributed by atoms with Crippen molar-refractivity contribution in [1.29, 1.82) is 0 Å². The number of benzene rings is 2. The number of thioether (sulfide) groups is 1. The van der Waals surface area contributed by atoms with Crippen LogP contribution in [0.5, 0.6) is 0 Å². The lowest BCUT2D eigenvalue weighted by Crippen LogP contribution is -2.38. The highest BCUT2D eigenvalue weighted by Crippen LogP contribution is 2.22. The van der Waals surface area contributed by atoms with Gasteiger partial charge in [-0.05, 0) is 73.5 Å². The lowest BCUT2D eigenvalue weighted by Gasteiger charge is -2.27. The Morgan fingerprint density at radius 3 is 2.44 bits per heavy atom. The first kappa shape index (κ1) is 28.9. The SMILES string of the molecule is CCN(CC)CCN(Cc1ccc(Cl)cc1)C(=O)c1ccc(-c2cnc3ccc(NCCCSC)nn23)cc1. The van der Waals surface area contributed by atoms with Crippen LogP contribution in [0.2, 0.25) is 5.02 Å². The number of anilines is 1. The second-order valence-corrected chi connectivity index (χ2v) is 10.8. The van der Waals surface area contributed by atoms with Crippen LogP contribution in [0, 0.1) is 0 Å². The van der Waals surface area contributed by atoms with E-state index in [-0.39, 0.29) is 5.91 Å². The van der Waals surface area contributed by atoms with Crippen LogP contribution < -0.4 is 5.32 Å². The average Bonchev–Trinajstić information content (AvgIpc) is 3.39. The Hall–Kier alpha value is -3.07. The van der Waals surface area contributed by atoms with E-state index in [0.29, 0.717) is 23.7 Å². The number of hydrogen-bond acceptors (Lipinski definition) is 6. The number of fused-ring (bicyclic) bond motifs is 1. The second-order valence-electron chi connectivity index (χ2n) is 9.36. The van der Waals surface area contributed by atoms with Gasteiger partial charge >= 0.3 is 0 Å². The fraction of sp³-hybridized carbons (Fsp3) is 0.367. The molecule has 7 nitrogen and oxygen atoms in total. The standard InChI is InChI=1S/C30H37ClN6OS/c1-4-35(5-2)18-19-36(22-23-7-13-26(31)14-8-23)30(38)25-11-9-24(10-12-25)27-21-33-29-16-15-28(34-37(27)29)32-17-6-20-39-3/h7-16,21H,4-6,17-20,22H2,1-3H3,(H,32,34). The largest absolute Gasteiger partial charge is 0.369 e. The highest BCUT2D eigenvalue weighted by atomic mass is 35.5. The van der Waals surface area contributed by atoms with E-state index in [4.69, 9.17) is 16.7 Å². The van der Waals surface area contributed by atoms with Crippen LogP contribution in [0.1, 0.15) is 36.2 Å². The third kappa shape index (κ3) is 7.75. The van der Waals surface area contributed by atoms with Gasteiger partial charge in [-0.2, -0.15) is 11.8 Å². The molecule has 0 aliphatic rings. The van der Waals surface area contributed by atoms with E-state index in [1.165, 1.54) is 0 Å². The van der Waals surface area contributed by atoms with Gasteiger partial charge in [0.2, 0.25) is 0 Å². The first-order chi connectivity index (χ1) is 19.0. The average molecular weight is 565 g/mol. The number of likely N-dealkylation sites (N-methyl/N-ethyl adjacent to an activating group) is 1. The van der Waals surface area contributed by atoms with Crippen molar-refractivity contribution in [2.24, 2.45) is 0 Å². The summed E-state index contributed by atoms with van der Waals surface area (Å²) in [6.45, 7) is 9.08. The van der Waals surface area contributed by atoms with Crippen molar-refractivity contribution in [1.82, 2.24) is 24.4 Å². The molecule has 9 heteroatoms. The van der Waals surface area contributed by atoms with Gasteiger partial charge in [0, 0.05) is 42.3 Å². The van der Waals surface area contributed by atoms with Crippen LogP contribution in [-0.4, -0.2) is 75.0 Å². The van der Waals surface area contributed by atoms with Crippen molar-refractivity contribution in [3.63, 3.8) is 0 Å². The molecule has 4 rings (SSSR count). The van der Waals surface area contributed by atoms with Crippen molar-refractivity contribution in [3.05, 3.63) is 83.0 Å². The number of aromatic nitrogens is 3. The van der Waals surface area contributed by atoms with Gasteiger partial charge in [-0.25, -0.2) is 9.50 Å². The number of halogens is 1. The Balaban J connectivity index is 1.52. The molecule has 0 spiro atoms. The molecule has 2 aromatic heterocycles. The third-order valence-electron chi connectivity index (χ3n) is 6.78. The quantitative estimate of drug-likeness (QED) is 0.184. The molecule has 0 aliphatic heterocycles. The molecule has 0 fully saturated rings. The zero-order valence-electron chi connectivity index (χ0n) is 22.9. The summed E-state index contributed by atoms with van der Waals surface area (Å²) in [7, 11) is 0. The summed E-state index contributed by atoms with van der Waals surface area (Å²) in [4.78, 5) is 22.4. The summed E-state index contributed by atoms with van der Waals surface area (Å²) in [6, 6.07) is 19.4. The maximum Gasteiger partial charge on any atom is 0.254 e. The molecule has 0 saturated carbocycles. The van der Waals surface area contributed by atoms with Crippen molar-refractivity contribution in [3.8, 4) is 11.3 Å². The predicted molar refractivity (Wildman–Crippen MR) is 164 cm³/mol. The minimum Gasteiger partial charge on any atom is -0.369 e. The number of nitrogens with zero attached hydrogens (tertiary/aromatic N) is 5. The molecule has 1 N–H and O–H groups in total. The van der Waals surface area contributed by atoms with Crippen LogP contribution in [0.3, 0.4) is 0 Å². The Labute approximate surface area is 240 Å². The maximum atomic E-state index is 13.6. The molecule has 2 heterocycles. The highest BCUT2D eigenvalue weighted by Gasteiger charge is 2.18. The van der Waals surface area contributed by atoms with Crippen molar-refractivity contribution in [2.45, 2.75) is 26.8 Å². The first-order valence-electron chi connectivity index (χ1n) is 13.5. The zero-order valence-corrected chi connectivity index (χ0v) is 24.5. The molecule has 0 radical (unpaired) electrons. The van der Waals surface area contributed by atoms with Gasteiger partial charge in [0.05, 0.1) is 11.9 Å². The summed E-state index contributed by atoms with van der Waals surface area (Å²) < 4.78 is 1.85. The topological polar surface area (TPSA) is 65.8 Å². The first-order valence-corrected chi connectivity index (χ1v) is 15.2. The minimum atomic E-state index is 0.0108. The zero-order chi connectivity index (χ0) is 27.6. The number of carbonyl (C=O) groups is 1. The Morgan fingerprint density at radius 2 is 1.74 bits per heavy atom. The fourth-order valence-electron chi connectivity index (χ4n) is 4.43. The molecule has 4 aromatic rings. The molecule has 2 aromatic carbocycles. The molecular weight excluding hydrogens is 528 g/mol. The summed E-state index contributed by atoms with van der Waals surface area (Å²) in [6.07, 6.45) is 5.02. The van der Waals surface area contributed by atoms with Gasteiger partial charge in [-0.1, -0.05) is 49.7 Å². The van der Waals surface area contributed by atoms with Crippen LogP contribution in [0.15, 0.2) is 66.9 Å². The van der Waals surface area contributed by atoms with Crippen LogP contribution in [0.25, 0.3) is 16.9 Å². The summed E-state index contributed by atoms with van der Waals surface area (Å²) in [5.74, 6) is 1.95. The lowest BCUT2D eigenvalue weighted by atomic mass is 10.1. The van der Waals surface area contributed by atoms with Crippen molar-refractivity contribution >= 4 is 40.7 Å². The molecule has 39 heavy (non-hydrogen) atoms. The Kier molecular flexibility index (Phi) is 10.6. The molecule has 1 amide bonds. The van der Waals surface area contributed by atoms with Gasteiger partial charge in [0.1, 0.15) is 5.82 Å². The van der Waals surface area contributed by atoms with E-state index in [1.807, 2.05) is 88.0 Å². The van der Waals surface area contributed by atoms with Crippen LogP contribution in [-0.2, 0) is 6.54 Å². The van der Waals surface area contributed by atoms with Gasteiger partial charge in [0.15, 0.2) is 5.65 Å². The van der Waals surface area contributed by atoms with Gasteiger partial charge in [0.25, 0.3) is 5.91 Å². The molecular formula is C30H37ClN6OS. The van der Waals surface area contributed by atoms with Gasteiger partial charge in [-0.3, -0.25) is 4.79 Å². The number of hydrogen-bond donors (Lipinski definition) is 1. The van der Waals surface area contributed by atoms with Crippen LogP contribution >= 0.6 is 23.4 Å². The second kappa shape index (κ2) is 14.4. The molecule has 0 aliphatic carbocycles. The smallest absolute Gasteiger partial charge is 0.254 e. The van der Waals surface area contributed by atoms with E-state index < -0.39 is 0 Å². The van der Waals surface area contributed by atoms with Crippen molar-refractivity contribution in [2.75, 3.05) is 50.0 Å². The molecule has 0 atom stereocenters. The summed E-state index contributed by atoms with van der Waals surface area (Å²) >= 11 is 7.92. The fourth-order valence-corrected chi connectivity index (χ4v) is 4.99. The van der Waals surface area contributed by atoms with E-state index in [2.05, 4.69) is 35.3 Å². The van der Waals surface area contributed by atoms with E-state index >= 15 is 0 Å². The summed E-state index contributed by atoms with van der Waals surface area (Å²) in [5.41, 5.74) is 4.34. The molecule has 206 valence electrons. The monoisotopic (exact) mass is 564 g/mol. The van der Waals surface area contributed by atoms with Crippen LogP contribution in [0.4, 0.5) is 5.82 Å². The highest BCUT2D eigenvalue weighted by molar-refractivity contribution is 7.98. The molecule has 0 unspecified atom stereocenters. The number of nitrogens with one attached hydrogen (secondary N) is 1. The number of carbonyl (C=O) groups excluding carboxylic acids is 1. The van der Waals surface area contributed by atoms with Gasteiger partial charge in [-0.15, -0.1) is 5.10 Å². The summed E-state index contributed by atoms with van der Waals surface area (Å²) in [5, 5.41) is 8.84. The van der Waals surface area contributed by atoms with Gasteiger partial charge < -0.3 is 15.1 Å². The van der Waals surface area contributed by atoms with E-state index in [1.54, 1.807) is 0 Å². The lowest BCUT2D eigenvalue weighted by molar-refractivity contribution is 0.0724. The number of amides is 1. The normalized spacial score (nSPS) is 11.3. The Bertz CT molecular complexity index is 1340. The number of imidazole rings is 1. The van der Waals surface area contributed by atoms with E-state index in [9.17, 15) is 4.79 Å². The van der Waals surface area contributed by atoms with E-state index in [0.717, 1.165) is 66.6 Å². The maximum absolute atomic E-state index is 13.6. The molecule has 0 bridgehead atoms. The minimum absolute atomic E-state index is 0.0108.